The van der Waals surface area contributed by atoms with Gasteiger partial charge in [0.25, 0.3) is 0 Å². The van der Waals surface area contributed by atoms with Gasteiger partial charge >= 0.3 is 5.97 Å². The number of ether oxygens (including phenoxy) is 1. The minimum atomic E-state index is -0.432. The van der Waals surface area contributed by atoms with Crippen LogP contribution in [-0.2, 0) is 4.74 Å². The Labute approximate surface area is 134 Å². The number of nitrogens with zero attached hydrogens (tertiary/aromatic N) is 3. The number of rotatable bonds is 4. The summed E-state index contributed by atoms with van der Waals surface area (Å²) in [4.78, 5) is 25.1. The summed E-state index contributed by atoms with van der Waals surface area (Å²) in [6.45, 7) is 2.07. The molecular weight excluding hydrogens is 290 g/mol. The molecule has 2 aromatic heterocycles. The second-order valence-electron chi connectivity index (χ2n) is 4.78. The lowest BCUT2D eigenvalue weighted by molar-refractivity contribution is 0.0526. The number of esters is 1. The first-order chi connectivity index (χ1) is 11.3. The summed E-state index contributed by atoms with van der Waals surface area (Å²) in [5, 5.41) is 0. The fourth-order valence-electron chi connectivity index (χ4n) is 2.20. The Kier molecular flexibility index (Phi) is 4.38. The zero-order valence-corrected chi connectivity index (χ0v) is 12.6. The maximum atomic E-state index is 12.2. The molecule has 1 aromatic carbocycles. The molecule has 0 atom stereocenters. The largest absolute Gasteiger partial charge is 0.462 e. The van der Waals surface area contributed by atoms with Crippen molar-refractivity contribution in [1.29, 1.82) is 0 Å². The topological polar surface area (TPSA) is 65.0 Å². The third-order valence-corrected chi connectivity index (χ3v) is 3.27. The van der Waals surface area contributed by atoms with Crippen LogP contribution in [0.1, 0.15) is 17.3 Å². The molecule has 0 aliphatic heterocycles. The first kappa shape index (κ1) is 14.8. The first-order valence-corrected chi connectivity index (χ1v) is 7.29. The van der Waals surface area contributed by atoms with Crippen molar-refractivity contribution in [2.24, 2.45) is 0 Å². The fraction of sp³-hybridized carbons (Fsp3) is 0.111. The Morgan fingerprint density at radius 3 is 2.48 bits per heavy atom. The molecule has 5 nitrogen and oxygen atoms in total. The highest BCUT2D eigenvalue weighted by molar-refractivity contribution is 5.96. The van der Waals surface area contributed by atoms with E-state index in [1.54, 1.807) is 31.5 Å². The lowest BCUT2D eigenvalue weighted by atomic mass is 10.1. The second kappa shape index (κ2) is 6.79. The molecule has 3 aromatic rings. The fourth-order valence-corrected chi connectivity index (χ4v) is 2.20. The molecule has 0 aliphatic carbocycles. The molecular formula is C18H15N3O2. The molecule has 0 aliphatic rings. The predicted octanol–water partition coefficient (Wildman–Crippen LogP) is 3.38. The summed E-state index contributed by atoms with van der Waals surface area (Å²) in [6, 6.07) is 13.2. The van der Waals surface area contributed by atoms with Crippen molar-refractivity contribution >= 4 is 5.97 Å². The molecule has 0 spiro atoms. The number of benzene rings is 1. The standard InChI is InChI=1S/C18H15N3O2/c1-2-23-18(22)15-12-20-17(14-6-4-3-5-7-14)21-16(15)13-8-10-19-11-9-13/h3-12H,2H2,1H3. The molecule has 0 saturated heterocycles. The van der Waals surface area contributed by atoms with Crippen LogP contribution in [0, 0.1) is 0 Å². The van der Waals surface area contributed by atoms with E-state index in [2.05, 4.69) is 15.0 Å². The molecule has 3 rings (SSSR count). The highest BCUT2D eigenvalue weighted by Crippen LogP contribution is 2.24. The van der Waals surface area contributed by atoms with Crippen molar-refractivity contribution < 1.29 is 9.53 Å². The van der Waals surface area contributed by atoms with Crippen LogP contribution >= 0.6 is 0 Å². The molecule has 2 heterocycles. The van der Waals surface area contributed by atoms with Gasteiger partial charge in [0.1, 0.15) is 5.56 Å². The van der Waals surface area contributed by atoms with E-state index in [0.29, 0.717) is 23.7 Å². The third-order valence-electron chi connectivity index (χ3n) is 3.27. The van der Waals surface area contributed by atoms with Gasteiger partial charge in [-0.05, 0) is 19.1 Å². The first-order valence-electron chi connectivity index (χ1n) is 7.29. The summed E-state index contributed by atoms with van der Waals surface area (Å²) >= 11 is 0. The van der Waals surface area contributed by atoms with Crippen LogP contribution in [0.5, 0.6) is 0 Å². The maximum Gasteiger partial charge on any atom is 0.341 e. The highest BCUT2D eigenvalue weighted by Gasteiger charge is 2.17. The lowest BCUT2D eigenvalue weighted by Gasteiger charge is -2.10. The average Bonchev–Trinajstić information content (AvgIpc) is 2.63. The number of hydrogen-bond donors (Lipinski definition) is 0. The molecule has 114 valence electrons. The van der Waals surface area contributed by atoms with E-state index >= 15 is 0 Å². The molecule has 0 saturated carbocycles. The van der Waals surface area contributed by atoms with Gasteiger partial charge in [0.05, 0.1) is 12.3 Å². The van der Waals surface area contributed by atoms with Crippen molar-refractivity contribution in [1.82, 2.24) is 15.0 Å². The van der Waals surface area contributed by atoms with Gasteiger partial charge in [-0.2, -0.15) is 0 Å². The van der Waals surface area contributed by atoms with Crippen LogP contribution in [0.15, 0.2) is 61.1 Å². The van der Waals surface area contributed by atoms with E-state index in [0.717, 1.165) is 11.1 Å². The van der Waals surface area contributed by atoms with Crippen LogP contribution in [0.2, 0.25) is 0 Å². The van der Waals surface area contributed by atoms with Crippen molar-refractivity contribution in [3.05, 3.63) is 66.6 Å². The van der Waals surface area contributed by atoms with E-state index < -0.39 is 5.97 Å². The minimum Gasteiger partial charge on any atom is -0.462 e. The molecule has 23 heavy (non-hydrogen) atoms. The van der Waals surface area contributed by atoms with Gasteiger partial charge in [0, 0.05) is 29.7 Å². The van der Waals surface area contributed by atoms with Crippen molar-refractivity contribution in [2.75, 3.05) is 6.61 Å². The Hall–Kier alpha value is -3.08. The molecule has 0 bridgehead atoms. The van der Waals surface area contributed by atoms with Gasteiger partial charge in [0.2, 0.25) is 0 Å². The Morgan fingerprint density at radius 1 is 1.04 bits per heavy atom. The van der Waals surface area contributed by atoms with Crippen molar-refractivity contribution in [3.63, 3.8) is 0 Å². The molecule has 0 N–H and O–H groups in total. The van der Waals surface area contributed by atoms with Crippen molar-refractivity contribution in [3.8, 4) is 22.6 Å². The quantitative estimate of drug-likeness (QED) is 0.691. The molecule has 0 amide bonds. The van der Waals surface area contributed by atoms with E-state index in [4.69, 9.17) is 4.74 Å². The number of carbonyl (C=O) groups excluding carboxylic acids is 1. The molecule has 0 unspecified atom stereocenters. The number of carbonyl (C=O) groups is 1. The molecule has 0 fully saturated rings. The van der Waals surface area contributed by atoms with Gasteiger partial charge in [-0.3, -0.25) is 4.98 Å². The van der Waals surface area contributed by atoms with E-state index in [1.807, 2.05) is 30.3 Å². The monoisotopic (exact) mass is 305 g/mol. The third kappa shape index (κ3) is 3.23. The predicted molar refractivity (Wildman–Crippen MR) is 86.7 cm³/mol. The van der Waals surface area contributed by atoms with Crippen LogP contribution in [0.25, 0.3) is 22.6 Å². The second-order valence-corrected chi connectivity index (χ2v) is 4.78. The zero-order chi connectivity index (χ0) is 16.1. The van der Waals surface area contributed by atoms with Gasteiger partial charge in [0.15, 0.2) is 5.82 Å². The molecule has 5 heteroatoms. The van der Waals surface area contributed by atoms with Crippen molar-refractivity contribution in [2.45, 2.75) is 6.92 Å². The van der Waals surface area contributed by atoms with Gasteiger partial charge in [-0.15, -0.1) is 0 Å². The van der Waals surface area contributed by atoms with Gasteiger partial charge in [-0.25, -0.2) is 14.8 Å². The summed E-state index contributed by atoms with van der Waals surface area (Å²) < 4.78 is 5.10. The number of hydrogen-bond acceptors (Lipinski definition) is 5. The van der Waals surface area contributed by atoms with E-state index in [-0.39, 0.29) is 0 Å². The van der Waals surface area contributed by atoms with Crippen LogP contribution in [0.4, 0.5) is 0 Å². The lowest BCUT2D eigenvalue weighted by Crippen LogP contribution is -2.09. The number of pyridine rings is 1. The van der Waals surface area contributed by atoms with E-state index in [9.17, 15) is 4.79 Å². The van der Waals surface area contributed by atoms with Crippen LogP contribution < -0.4 is 0 Å². The average molecular weight is 305 g/mol. The SMILES string of the molecule is CCOC(=O)c1cnc(-c2ccccc2)nc1-c1ccncc1. The van der Waals surface area contributed by atoms with Crippen LogP contribution in [0.3, 0.4) is 0 Å². The summed E-state index contributed by atoms with van der Waals surface area (Å²) in [7, 11) is 0. The van der Waals surface area contributed by atoms with E-state index in [1.165, 1.54) is 6.20 Å². The smallest absolute Gasteiger partial charge is 0.341 e. The Bertz CT molecular complexity index is 805. The summed E-state index contributed by atoms with van der Waals surface area (Å²) in [6.07, 6.45) is 4.84. The Morgan fingerprint density at radius 2 is 1.78 bits per heavy atom. The maximum absolute atomic E-state index is 12.2. The van der Waals surface area contributed by atoms with Gasteiger partial charge < -0.3 is 4.74 Å². The van der Waals surface area contributed by atoms with Crippen LogP contribution in [-0.4, -0.2) is 27.5 Å². The van der Waals surface area contributed by atoms with Gasteiger partial charge in [-0.1, -0.05) is 30.3 Å². The molecule has 0 radical (unpaired) electrons. The highest BCUT2D eigenvalue weighted by atomic mass is 16.5. The summed E-state index contributed by atoms with van der Waals surface area (Å²) in [5.74, 6) is 0.129. The Balaban J connectivity index is 2.13. The minimum absolute atomic E-state index is 0.301. The normalized spacial score (nSPS) is 10.3. The zero-order valence-electron chi connectivity index (χ0n) is 12.6. The number of aromatic nitrogens is 3. The summed E-state index contributed by atoms with van der Waals surface area (Å²) in [5.41, 5.74) is 2.57.